The summed E-state index contributed by atoms with van der Waals surface area (Å²) in [6, 6.07) is 1.07. The van der Waals surface area contributed by atoms with E-state index in [2.05, 4.69) is 17.9 Å². The molecule has 6 nitrogen and oxygen atoms in total. The number of rotatable bonds is 4. The van der Waals surface area contributed by atoms with Gasteiger partial charge in [0.25, 0.3) is 0 Å². The van der Waals surface area contributed by atoms with E-state index in [9.17, 15) is 9.90 Å². The Morgan fingerprint density at radius 3 is 2.66 bits per heavy atom. The van der Waals surface area contributed by atoms with E-state index >= 15 is 0 Å². The van der Waals surface area contributed by atoms with Crippen molar-refractivity contribution < 1.29 is 24.1 Å². The number of aliphatic hydroxyl groups is 1. The molecule has 2 aliphatic carbocycles. The van der Waals surface area contributed by atoms with Crippen LogP contribution in [0.3, 0.4) is 0 Å². The van der Waals surface area contributed by atoms with Crippen molar-refractivity contribution in [2.24, 2.45) is 29.1 Å². The first kappa shape index (κ1) is 25.2. The summed E-state index contributed by atoms with van der Waals surface area (Å²) in [5.74, 6) is 3.95. The Bertz CT molecular complexity index is 1080. The van der Waals surface area contributed by atoms with Gasteiger partial charge in [-0.25, -0.2) is 4.79 Å². The molecule has 5 heterocycles. The molecule has 0 aromatic rings. The predicted octanol–water partition coefficient (Wildman–Crippen LogP) is 5.97. The minimum Gasteiger partial charge on any atom is -0.492 e. The van der Waals surface area contributed by atoms with Crippen LogP contribution in [0.15, 0.2) is 34.7 Å². The van der Waals surface area contributed by atoms with Crippen LogP contribution in [0.2, 0.25) is 0 Å². The third kappa shape index (κ3) is 3.68. The number of aliphatic hydroxyl groups excluding tert-OH is 1. The first-order valence-electron chi connectivity index (χ1n) is 15.5. The number of allylic oxidation sites excluding steroid dienone is 1. The fourth-order valence-electron chi connectivity index (χ4n) is 10.2. The number of hydrogen-bond acceptors (Lipinski definition) is 6. The zero-order chi connectivity index (χ0) is 26.2. The van der Waals surface area contributed by atoms with Gasteiger partial charge in [0, 0.05) is 30.0 Å². The number of hydrogen-bond donors (Lipinski definition) is 1. The molecule has 5 aliphatic heterocycles. The average Bonchev–Trinajstić information content (AvgIpc) is 3.65. The summed E-state index contributed by atoms with van der Waals surface area (Å²) in [4.78, 5) is 15.1. The summed E-state index contributed by atoms with van der Waals surface area (Å²) in [6.45, 7) is 3.96. The maximum atomic E-state index is 12.4. The SMILES string of the molecule is COC1=C(C)C(=O)OC1=C1OC2=CC[C@@H]3CC[C@@H]4CC[C@@H]([C@H]2[C@@H]1C)N3[C@@H]4[C@@H](O)C[C@@H]1CCCC12CCCC2. The van der Waals surface area contributed by atoms with Gasteiger partial charge < -0.3 is 19.3 Å². The zero-order valence-corrected chi connectivity index (χ0v) is 23.4. The predicted molar refractivity (Wildman–Crippen MR) is 143 cm³/mol. The van der Waals surface area contributed by atoms with Gasteiger partial charge in [0.05, 0.1) is 18.8 Å². The van der Waals surface area contributed by atoms with Crippen molar-refractivity contribution in [1.82, 2.24) is 4.90 Å². The molecule has 0 aromatic heterocycles. The van der Waals surface area contributed by atoms with E-state index < -0.39 is 0 Å². The number of nitrogens with zero attached hydrogens (tertiary/aromatic N) is 1. The van der Waals surface area contributed by atoms with Gasteiger partial charge in [0.2, 0.25) is 5.76 Å². The van der Waals surface area contributed by atoms with Crippen LogP contribution in [0.5, 0.6) is 0 Å². The number of ether oxygens (including phenoxy) is 3. The lowest BCUT2D eigenvalue weighted by Crippen LogP contribution is -2.64. The smallest absolute Gasteiger partial charge is 0.343 e. The second-order valence-corrected chi connectivity index (χ2v) is 13.5. The molecular formula is C32H45NO5. The van der Waals surface area contributed by atoms with Crippen molar-refractivity contribution >= 4 is 5.97 Å². The highest BCUT2D eigenvalue weighted by atomic mass is 16.6. The third-order valence-corrected chi connectivity index (χ3v) is 11.9. The first-order valence-corrected chi connectivity index (χ1v) is 15.5. The Kier molecular flexibility index (Phi) is 6.23. The average molecular weight is 524 g/mol. The Morgan fingerprint density at radius 2 is 1.87 bits per heavy atom. The molecule has 7 rings (SSSR count). The lowest BCUT2D eigenvalue weighted by atomic mass is 9.68. The maximum Gasteiger partial charge on any atom is 0.343 e. The van der Waals surface area contributed by atoms with Gasteiger partial charge in [-0.05, 0) is 94.5 Å². The molecule has 208 valence electrons. The van der Waals surface area contributed by atoms with E-state index in [1.807, 2.05) is 0 Å². The molecular weight excluding hydrogens is 478 g/mol. The number of piperidine rings is 2. The maximum absolute atomic E-state index is 12.4. The molecule has 1 N–H and O–H groups in total. The highest BCUT2D eigenvalue weighted by Gasteiger charge is 2.56. The van der Waals surface area contributed by atoms with Crippen molar-refractivity contribution in [1.29, 1.82) is 0 Å². The Hall–Kier alpha value is -1.79. The summed E-state index contributed by atoms with van der Waals surface area (Å²) in [6.07, 6.45) is 18.4. The summed E-state index contributed by atoms with van der Waals surface area (Å²) in [5.41, 5.74) is 1.03. The van der Waals surface area contributed by atoms with Crippen LogP contribution in [0.1, 0.15) is 97.3 Å². The fourth-order valence-corrected chi connectivity index (χ4v) is 10.2. The summed E-state index contributed by atoms with van der Waals surface area (Å²) in [7, 11) is 1.59. The first-order chi connectivity index (χ1) is 18.4. The Labute approximate surface area is 227 Å². The summed E-state index contributed by atoms with van der Waals surface area (Å²) in [5, 5.41) is 12.0. The second-order valence-electron chi connectivity index (χ2n) is 13.5. The van der Waals surface area contributed by atoms with Gasteiger partial charge in [-0.3, -0.25) is 4.90 Å². The van der Waals surface area contributed by atoms with Crippen LogP contribution in [0.4, 0.5) is 0 Å². The number of carbonyl (C=O) groups excluding carboxylic acids is 1. The summed E-state index contributed by atoms with van der Waals surface area (Å²) >= 11 is 0. The summed E-state index contributed by atoms with van der Waals surface area (Å²) < 4.78 is 17.8. The Balaban J connectivity index is 1.18. The monoisotopic (exact) mass is 523 g/mol. The normalized spacial score (nSPS) is 42.6. The molecule has 3 saturated heterocycles. The molecule has 6 heteroatoms. The lowest BCUT2D eigenvalue weighted by molar-refractivity contribution is -0.133. The van der Waals surface area contributed by atoms with Crippen molar-refractivity contribution in [2.45, 2.75) is 122 Å². The molecule has 0 amide bonds. The minimum atomic E-state index is -0.354. The highest BCUT2D eigenvalue weighted by molar-refractivity contribution is 5.93. The topological polar surface area (TPSA) is 68.2 Å². The lowest BCUT2D eigenvalue weighted by Gasteiger charge is -2.56. The molecule has 0 unspecified atom stereocenters. The molecule has 0 radical (unpaired) electrons. The van der Waals surface area contributed by atoms with Crippen LogP contribution in [-0.2, 0) is 19.0 Å². The number of methoxy groups -OCH3 is 1. The fraction of sp³-hybridized carbons (Fsp3) is 0.781. The van der Waals surface area contributed by atoms with Crippen molar-refractivity contribution in [3.8, 4) is 0 Å². The van der Waals surface area contributed by atoms with Gasteiger partial charge in [-0.2, -0.15) is 0 Å². The van der Waals surface area contributed by atoms with Gasteiger partial charge in [-0.15, -0.1) is 0 Å². The standard InChI is InChI=1S/C32H45NO5/c1-18-26-23-12-9-20-8-10-22(11-13-25(26)37-29(18)30-28(36-3)19(2)31(35)38-30)33(23)27(20)24(34)17-21-7-6-16-32(21)14-4-5-15-32/h13,18,20-24,26-27,34H,4-12,14-17H2,1-3H3/t18-,20+,21-,22-,23-,24-,26+,27-/m0/s1. The zero-order valence-electron chi connectivity index (χ0n) is 23.4. The van der Waals surface area contributed by atoms with Crippen LogP contribution in [0.25, 0.3) is 0 Å². The molecule has 5 fully saturated rings. The largest absolute Gasteiger partial charge is 0.492 e. The van der Waals surface area contributed by atoms with Crippen LogP contribution in [0, 0.1) is 29.1 Å². The third-order valence-electron chi connectivity index (χ3n) is 11.9. The molecule has 1 spiro atoms. The van der Waals surface area contributed by atoms with Gasteiger partial charge in [-0.1, -0.05) is 26.2 Å². The van der Waals surface area contributed by atoms with Crippen LogP contribution in [-0.4, -0.2) is 47.3 Å². The van der Waals surface area contributed by atoms with Crippen LogP contribution >= 0.6 is 0 Å². The number of fused-ring (bicyclic) bond motifs is 3. The minimum absolute atomic E-state index is 0.0803. The number of esters is 1. The van der Waals surface area contributed by atoms with E-state index in [0.717, 1.165) is 30.8 Å². The molecule has 38 heavy (non-hydrogen) atoms. The van der Waals surface area contributed by atoms with E-state index in [4.69, 9.17) is 14.2 Å². The highest BCUT2D eigenvalue weighted by Crippen LogP contribution is 2.57. The van der Waals surface area contributed by atoms with Gasteiger partial charge >= 0.3 is 5.97 Å². The van der Waals surface area contributed by atoms with Crippen molar-refractivity contribution in [3.63, 3.8) is 0 Å². The molecule has 8 atom stereocenters. The van der Waals surface area contributed by atoms with E-state index in [-0.39, 0.29) is 30.0 Å². The van der Waals surface area contributed by atoms with Gasteiger partial charge in [0.1, 0.15) is 5.76 Å². The van der Waals surface area contributed by atoms with E-state index in [0.29, 0.717) is 46.4 Å². The molecule has 0 aromatic carbocycles. The molecule has 2 saturated carbocycles. The van der Waals surface area contributed by atoms with Gasteiger partial charge in [0.15, 0.2) is 11.5 Å². The quantitative estimate of drug-likeness (QED) is 0.458. The second kappa shape index (κ2) is 9.40. The molecule has 2 bridgehead atoms. The van der Waals surface area contributed by atoms with Crippen molar-refractivity contribution in [2.75, 3.05) is 7.11 Å². The number of carbonyl (C=O) groups is 1. The van der Waals surface area contributed by atoms with E-state index in [1.54, 1.807) is 14.0 Å². The Morgan fingerprint density at radius 1 is 1.11 bits per heavy atom. The van der Waals surface area contributed by atoms with Crippen molar-refractivity contribution in [3.05, 3.63) is 34.7 Å². The molecule has 7 aliphatic rings. The number of cyclic esters (lactones) is 1. The van der Waals surface area contributed by atoms with Crippen LogP contribution < -0.4 is 0 Å². The van der Waals surface area contributed by atoms with E-state index in [1.165, 1.54) is 64.2 Å².